The average Bonchev–Trinajstić information content (AvgIpc) is 2.56. The standard InChI is InChI=1S/C18H21NO2/c1-21-16-11-15(12-19-13-16)18(20)10-6-5-9-17(18)14-7-3-2-4-8-14/h2-4,7-8,11-13,17,20H,5-6,9-10H2,1H3. The van der Waals surface area contributed by atoms with Gasteiger partial charge in [-0.3, -0.25) is 4.98 Å². The van der Waals surface area contributed by atoms with Gasteiger partial charge in [0.25, 0.3) is 0 Å². The summed E-state index contributed by atoms with van der Waals surface area (Å²) in [5, 5.41) is 11.4. The predicted molar refractivity (Wildman–Crippen MR) is 82.3 cm³/mol. The van der Waals surface area contributed by atoms with Gasteiger partial charge in [0, 0.05) is 17.7 Å². The molecule has 1 fully saturated rings. The van der Waals surface area contributed by atoms with Crippen molar-refractivity contribution < 1.29 is 9.84 Å². The van der Waals surface area contributed by atoms with E-state index in [1.54, 1.807) is 19.5 Å². The Hall–Kier alpha value is -1.87. The highest BCUT2D eigenvalue weighted by atomic mass is 16.5. The predicted octanol–water partition coefficient (Wildman–Crippen LogP) is 3.64. The van der Waals surface area contributed by atoms with E-state index in [0.717, 1.165) is 31.2 Å². The lowest BCUT2D eigenvalue weighted by atomic mass is 9.69. The van der Waals surface area contributed by atoms with Crippen molar-refractivity contribution in [2.75, 3.05) is 7.11 Å². The molecule has 1 aliphatic rings. The van der Waals surface area contributed by atoms with Crippen molar-refractivity contribution in [3.05, 3.63) is 59.9 Å². The van der Waals surface area contributed by atoms with Gasteiger partial charge in [0.05, 0.1) is 18.9 Å². The number of rotatable bonds is 3. The van der Waals surface area contributed by atoms with Crippen molar-refractivity contribution in [3.63, 3.8) is 0 Å². The van der Waals surface area contributed by atoms with Crippen LogP contribution in [0.25, 0.3) is 0 Å². The second kappa shape index (κ2) is 5.86. The first-order valence-electron chi connectivity index (χ1n) is 7.51. The van der Waals surface area contributed by atoms with E-state index in [4.69, 9.17) is 4.74 Å². The fraction of sp³-hybridized carbons (Fsp3) is 0.389. The maximum Gasteiger partial charge on any atom is 0.137 e. The van der Waals surface area contributed by atoms with Gasteiger partial charge in [0.2, 0.25) is 0 Å². The first kappa shape index (κ1) is 14.1. The molecule has 0 spiro atoms. The van der Waals surface area contributed by atoms with Crippen LogP contribution in [0.5, 0.6) is 5.75 Å². The average molecular weight is 283 g/mol. The summed E-state index contributed by atoms with van der Waals surface area (Å²) >= 11 is 0. The lowest BCUT2D eigenvalue weighted by Crippen LogP contribution is -2.36. The van der Waals surface area contributed by atoms with Crippen molar-refractivity contribution in [1.29, 1.82) is 0 Å². The van der Waals surface area contributed by atoms with Gasteiger partial charge in [0.15, 0.2) is 0 Å². The summed E-state index contributed by atoms with van der Waals surface area (Å²) in [6, 6.07) is 12.2. The molecule has 3 rings (SSSR count). The third kappa shape index (κ3) is 2.66. The molecule has 21 heavy (non-hydrogen) atoms. The summed E-state index contributed by atoms with van der Waals surface area (Å²) in [6.45, 7) is 0. The summed E-state index contributed by atoms with van der Waals surface area (Å²) in [5.41, 5.74) is 1.19. The Kier molecular flexibility index (Phi) is 3.93. The van der Waals surface area contributed by atoms with Crippen LogP contribution in [0.4, 0.5) is 0 Å². The number of hydrogen-bond acceptors (Lipinski definition) is 3. The zero-order valence-electron chi connectivity index (χ0n) is 12.3. The van der Waals surface area contributed by atoms with Gasteiger partial charge in [-0.1, -0.05) is 43.2 Å². The molecule has 1 saturated carbocycles. The summed E-state index contributed by atoms with van der Waals surface area (Å²) in [4.78, 5) is 4.22. The van der Waals surface area contributed by atoms with Crippen molar-refractivity contribution >= 4 is 0 Å². The fourth-order valence-electron chi connectivity index (χ4n) is 3.40. The molecule has 0 amide bonds. The summed E-state index contributed by atoms with van der Waals surface area (Å²) in [5.74, 6) is 0.805. The van der Waals surface area contributed by atoms with E-state index >= 15 is 0 Å². The summed E-state index contributed by atoms with van der Waals surface area (Å²) in [6.07, 6.45) is 7.40. The smallest absolute Gasteiger partial charge is 0.137 e. The van der Waals surface area contributed by atoms with Crippen LogP contribution >= 0.6 is 0 Å². The number of aliphatic hydroxyl groups is 1. The molecule has 1 aromatic carbocycles. The normalized spacial score (nSPS) is 25.5. The largest absolute Gasteiger partial charge is 0.495 e. The number of methoxy groups -OCH3 is 1. The molecule has 1 aromatic heterocycles. The SMILES string of the molecule is COc1cncc(C2(O)CCCCC2c2ccccc2)c1. The van der Waals surface area contributed by atoms with Crippen LogP contribution in [-0.2, 0) is 5.60 Å². The Bertz CT molecular complexity index is 599. The lowest BCUT2D eigenvalue weighted by molar-refractivity contribution is -0.0228. The molecule has 2 unspecified atom stereocenters. The quantitative estimate of drug-likeness (QED) is 0.935. The van der Waals surface area contributed by atoms with E-state index in [0.29, 0.717) is 5.75 Å². The van der Waals surface area contributed by atoms with E-state index in [9.17, 15) is 5.11 Å². The third-order valence-electron chi connectivity index (χ3n) is 4.53. The number of ether oxygens (including phenoxy) is 1. The molecule has 1 heterocycles. The Labute approximate surface area is 125 Å². The van der Waals surface area contributed by atoms with Crippen LogP contribution in [0.1, 0.15) is 42.7 Å². The minimum absolute atomic E-state index is 0.112. The van der Waals surface area contributed by atoms with E-state index in [-0.39, 0.29) is 5.92 Å². The minimum atomic E-state index is -0.860. The Morgan fingerprint density at radius 1 is 1.19 bits per heavy atom. The molecule has 0 bridgehead atoms. The molecule has 0 saturated heterocycles. The molecule has 1 N–H and O–H groups in total. The van der Waals surface area contributed by atoms with Gasteiger partial charge in [0.1, 0.15) is 5.75 Å². The van der Waals surface area contributed by atoms with Crippen molar-refractivity contribution in [2.24, 2.45) is 0 Å². The molecule has 0 aliphatic heterocycles. The Morgan fingerprint density at radius 3 is 2.76 bits per heavy atom. The second-order valence-corrected chi connectivity index (χ2v) is 5.75. The van der Waals surface area contributed by atoms with Gasteiger partial charge in [-0.25, -0.2) is 0 Å². The van der Waals surface area contributed by atoms with Gasteiger partial charge < -0.3 is 9.84 Å². The highest BCUT2D eigenvalue weighted by Gasteiger charge is 2.41. The first-order chi connectivity index (χ1) is 10.2. The highest BCUT2D eigenvalue weighted by molar-refractivity contribution is 5.34. The van der Waals surface area contributed by atoms with Gasteiger partial charge in [-0.15, -0.1) is 0 Å². The zero-order chi connectivity index (χ0) is 14.7. The third-order valence-corrected chi connectivity index (χ3v) is 4.53. The van der Waals surface area contributed by atoms with Crippen LogP contribution in [0.3, 0.4) is 0 Å². The van der Waals surface area contributed by atoms with Gasteiger partial charge in [-0.2, -0.15) is 0 Å². The van der Waals surface area contributed by atoms with Gasteiger partial charge in [-0.05, 0) is 24.5 Å². The number of hydrogen-bond donors (Lipinski definition) is 1. The Balaban J connectivity index is 2.02. The molecule has 1 aliphatic carbocycles. The monoisotopic (exact) mass is 283 g/mol. The molecular weight excluding hydrogens is 262 g/mol. The highest BCUT2D eigenvalue weighted by Crippen LogP contribution is 2.47. The lowest BCUT2D eigenvalue weighted by Gasteiger charge is -2.40. The van der Waals surface area contributed by atoms with E-state index < -0.39 is 5.60 Å². The second-order valence-electron chi connectivity index (χ2n) is 5.75. The van der Waals surface area contributed by atoms with Crippen LogP contribution in [0.2, 0.25) is 0 Å². The van der Waals surface area contributed by atoms with E-state index in [1.807, 2.05) is 24.3 Å². The zero-order valence-corrected chi connectivity index (χ0v) is 12.3. The fourth-order valence-corrected chi connectivity index (χ4v) is 3.40. The topological polar surface area (TPSA) is 42.4 Å². The number of pyridine rings is 1. The number of aromatic nitrogens is 1. The van der Waals surface area contributed by atoms with E-state index in [2.05, 4.69) is 17.1 Å². The molecule has 2 aromatic rings. The van der Waals surface area contributed by atoms with Crippen LogP contribution in [0, 0.1) is 0 Å². The molecule has 3 nitrogen and oxygen atoms in total. The van der Waals surface area contributed by atoms with Crippen molar-refractivity contribution in [2.45, 2.75) is 37.2 Å². The van der Waals surface area contributed by atoms with Crippen LogP contribution < -0.4 is 4.74 Å². The summed E-state index contributed by atoms with van der Waals surface area (Å²) in [7, 11) is 1.63. The molecule has 3 heteroatoms. The first-order valence-corrected chi connectivity index (χ1v) is 7.51. The van der Waals surface area contributed by atoms with Crippen LogP contribution in [0.15, 0.2) is 48.8 Å². The molecule has 0 radical (unpaired) electrons. The van der Waals surface area contributed by atoms with E-state index in [1.165, 1.54) is 5.56 Å². The number of benzene rings is 1. The minimum Gasteiger partial charge on any atom is -0.495 e. The molecular formula is C18H21NO2. The Morgan fingerprint density at radius 2 is 2.00 bits per heavy atom. The number of nitrogens with zero attached hydrogens (tertiary/aromatic N) is 1. The van der Waals surface area contributed by atoms with Crippen molar-refractivity contribution in [3.8, 4) is 5.75 Å². The molecule has 2 atom stereocenters. The van der Waals surface area contributed by atoms with Crippen molar-refractivity contribution in [1.82, 2.24) is 4.98 Å². The van der Waals surface area contributed by atoms with Crippen LogP contribution in [-0.4, -0.2) is 17.2 Å². The summed E-state index contributed by atoms with van der Waals surface area (Å²) < 4.78 is 5.26. The van der Waals surface area contributed by atoms with Gasteiger partial charge >= 0.3 is 0 Å². The maximum absolute atomic E-state index is 11.4. The maximum atomic E-state index is 11.4. The molecule has 110 valence electrons.